The van der Waals surface area contributed by atoms with E-state index in [0.29, 0.717) is 6.61 Å². The van der Waals surface area contributed by atoms with Gasteiger partial charge in [-0.1, -0.05) is 0 Å². The first-order valence-electron chi connectivity index (χ1n) is 5.33. The summed E-state index contributed by atoms with van der Waals surface area (Å²) in [7, 11) is 0. The van der Waals surface area contributed by atoms with Crippen molar-refractivity contribution >= 4 is 12.0 Å². The zero-order chi connectivity index (χ0) is 12.6. The Bertz CT molecular complexity index is 304. The molecule has 0 unspecified atom stereocenters. The van der Waals surface area contributed by atoms with E-state index in [-0.39, 0.29) is 12.3 Å². The fourth-order valence-electron chi connectivity index (χ4n) is 1.49. The molecule has 16 heavy (non-hydrogen) atoms. The molecule has 0 aromatic carbocycles. The van der Waals surface area contributed by atoms with Crippen LogP contribution >= 0.6 is 0 Å². The quantitative estimate of drug-likeness (QED) is 0.636. The van der Waals surface area contributed by atoms with Crippen molar-refractivity contribution in [2.24, 2.45) is 0 Å². The molecule has 0 saturated carbocycles. The van der Waals surface area contributed by atoms with Gasteiger partial charge in [-0.25, -0.2) is 9.69 Å². The van der Waals surface area contributed by atoms with Crippen LogP contribution in [-0.2, 0) is 14.3 Å². The molecule has 1 heterocycles. The Hall–Kier alpha value is -1.10. The maximum atomic E-state index is 11.8. The van der Waals surface area contributed by atoms with Crippen LogP contribution in [0, 0.1) is 0 Å². The third kappa shape index (κ3) is 2.95. The van der Waals surface area contributed by atoms with Gasteiger partial charge in [-0.2, -0.15) is 0 Å². The number of hydrogen-bond acceptors (Lipinski definition) is 4. The molecule has 92 valence electrons. The van der Waals surface area contributed by atoms with Gasteiger partial charge in [0.15, 0.2) is 0 Å². The second kappa shape index (κ2) is 4.05. The smallest absolute Gasteiger partial charge is 0.419 e. The molecule has 0 aromatic rings. The third-order valence-electron chi connectivity index (χ3n) is 2.14. The minimum atomic E-state index is -0.933. The Morgan fingerprint density at radius 2 is 2.00 bits per heavy atom. The maximum absolute atomic E-state index is 11.8. The lowest BCUT2D eigenvalue weighted by Crippen LogP contribution is -2.57. The summed E-state index contributed by atoms with van der Waals surface area (Å²) in [6, 6.07) is 0. The fraction of sp³-hybridized carbons (Fsp3) is 0.818. The Kier molecular flexibility index (Phi) is 3.28. The van der Waals surface area contributed by atoms with Crippen LogP contribution in [0.15, 0.2) is 0 Å². The van der Waals surface area contributed by atoms with Crippen molar-refractivity contribution < 1.29 is 19.1 Å². The molecule has 0 aromatic heterocycles. The average molecular weight is 229 g/mol. The summed E-state index contributed by atoms with van der Waals surface area (Å²) >= 11 is 0. The van der Waals surface area contributed by atoms with Gasteiger partial charge in [0.05, 0.1) is 13.0 Å². The summed E-state index contributed by atoms with van der Waals surface area (Å²) in [5.74, 6) is -0.259. The fourth-order valence-corrected chi connectivity index (χ4v) is 1.49. The normalized spacial score (nSPS) is 20.8. The first-order valence-corrected chi connectivity index (χ1v) is 5.33. The van der Waals surface area contributed by atoms with Crippen LogP contribution in [0.4, 0.5) is 4.79 Å². The molecule has 1 aliphatic heterocycles. The number of rotatable bonds is 0. The van der Waals surface area contributed by atoms with E-state index >= 15 is 0 Å². The van der Waals surface area contributed by atoms with Gasteiger partial charge >= 0.3 is 6.09 Å². The molecule has 0 radical (unpaired) electrons. The molecule has 1 aliphatic rings. The van der Waals surface area contributed by atoms with Crippen LogP contribution in [0.25, 0.3) is 0 Å². The molecule has 0 atom stereocenters. The summed E-state index contributed by atoms with van der Waals surface area (Å²) < 4.78 is 10.6. The van der Waals surface area contributed by atoms with E-state index in [0.717, 1.165) is 4.90 Å². The zero-order valence-electron chi connectivity index (χ0n) is 10.5. The van der Waals surface area contributed by atoms with Crippen molar-refractivity contribution in [3.05, 3.63) is 0 Å². The van der Waals surface area contributed by atoms with Crippen LogP contribution in [0.5, 0.6) is 0 Å². The zero-order valence-corrected chi connectivity index (χ0v) is 10.5. The van der Waals surface area contributed by atoms with Gasteiger partial charge in [0.2, 0.25) is 5.91 Å². The molecule has 5 nitrogen and oxygen atoms in total. The second-order valence-corrected chi connectivity index (χ2v) is 5.25. The monoisotopic (exact) mass is 229 g/mol. The number of amides is 2. The Morgan fingerprint density at radius 1 is 1.44 bits per heavy atom. The molecule has 5 heteroatoms. The molecule has 1 rings (SSSR count). The molecule has 2 amide bonds. The van der Waals surface area contributed by atoms with Gasteiger partial charge in [-0.3, -0.25) is 4.79 Å². The first-order chi connectivity index (χ1) is 7.13. The number of carbonyl (C=O) groups is 2. The van der Waals surface area contributed by atoms with Gasteiger partial charge in [-0.05, 0) is 34.6 Å². The van der Waals surface area contributed by atoms with Crippen molar-refractivity contribution in [1.82, 2.24) is 4.90 Å². The lowest BCUT2D eigenvalue weighted by molar-refractivity contribution is -0.179. The summed E-state index contributed by atoms with van der Waals surface area (Å²) in [5, 5.41) is 0. The van der Waals surface area contributed by atoms with Crippen molar-refractivity contribution in [2.75, 3.05) is 6.61 Å². The number of nitrogens with zero attached hydrogens (tertiary/aromatic N) is 1. The van der Waals surface area contributed by atoms with E-state index in [2.05, 4.69) is 0 Å². The lowest BCUT2D eigenvalue weighted by atomic mass is 10.2. The van der Waals surface area contributed by atoms with E-state index in [1.165, 1.54) is 0 Å². The minimum absolute atomic E-state index is 0.211. The molecular weight excluding hydrogens is 210 g/mol. The van der Waals surface area contributed by atoms with Crippen LogP contribution in [0.3, 0.4) is 0 Å². The SMILES string of the molecule is CC(C)(C)OC(=O)N1C(=O)CCOC1(C)C. The molecule has 0 spiro atoms. The van der Waals surface area contributed by atoms with Crippen molar-refractivity contribution in [3.63, 3.8) is 0 Å². The highest BCUT2D eigenvalue weighted by Gasteiger charge is 2.42. The largest absolute Gasteiger partial charge is 0.443 e. The summed E-state index contributed by atoms with van der Waals surface area (Å²) in [4.78, 5) is 24.6. The van der Waals surface area contributed by atoms with Crippen LogP contribution in [0.1, 0.15) is 41.0 Å². The topological polar surface area (TPSA) is 55.8 Å². The standard InChI is InChI=1S/C11H19NO4/c1-10(2,3)16-9(14)12-8(13)6-7-15-11(12,4)5/h6-7H2,1-5H3. The van der Waals surface area contributed by atoms with E-state index in [1.54, 1.807) is 34.6 Å². The predicted octanol–water partition coefficient (Wildman–Crippen LogP) is 1.91. The van der Waals surface area contributed by atoms with Crippen LogP contribution in [0.2, 0.25) is 0 Å². The van der Waals surface area contributed by atoms with Gasteiger partial charge in [-0.15, -0.1) is 0 Å². The van der Waals surface area contributed by atoms with Crippen LogP contribution < -0.4 is 0 Å². The highest BCUT2D eigenvalue weighted by Crippen LogP contribution is 2.25. The molecule has 0 bridgehead atoms. The van der Waals surface area contributed by atoms with E-state index in [4.69, 9.17) is 9.47 Å². The average Bonchev–Trinajstić information content (AvgIpc) is 1.97. The van der Waals surface area contributed by atoms with Gasteiger partial charge in [0.25, 0.3) is 0 Å². The predicted molar refractivity (Wildman–Crippen MR) is 57.7 cm³/mol. The van der Waals surface area contributed by atoms with Crippen molar-refractivity contribution in [1.29, 1.82) is 0 Å². The number of carbonyl (C=O) groups excluding carboxylic acids is 2. The minimum Gasteiger partial charge on any atom is -0.443 e. The second-order valence-electron chi connectivity index (χ2n) is 5.25. The molecular formula is C11H19NO4. The lowest BCUT2D eigenvalue weighted by Gasteiger charge is -2.40. The Morgan fingerprint density at radius 3 is 2.44 bits per heavy atom. The summed E-state index contributed by atoms with van der Waals surface area (Å²) in [5.41, 5.74) is -1.55. The summed E-state index contributed by atoms with van der Waals surface area (Å²) in [6.45, 7) is 8.96. The van der Waals surface area contributed by atoms with Gasteiger partial charge in [0.1, 0.15) is 11.3 Å². The number of imide groups is 1. The number of ether oxygens (including phenoxy) is 2. The first kappa shape index (κ1) is 13.0. The van der Waals surface area contributed by atoms with E-state index in [9.17, 15) is 9.59 Å². The Labute approximate surface area is 95.7 Å². The third-order valence-corrected chi connectivity index (χ3v) is 2.14. The highest BCUT2D eigenvalue weighted by atomic mass is 16.6. The van der Waals surface area contributed by atoms with Crippen LogP contribution in [-0.4, -0.2) is 34.8 Å². The highest BCUT2D eigenvalue weighted by molar-refractivity contribution is 5.93. The maximum Gasteiger partial charge on any atom is 0.419 e. The molecule has 0 N–H and O–H groups in total. The molecule has 1 saturated heterocycles. The molecule has 1 fully saturated rings. The Balaban J connectivity index is 2.83. The van der Waals surface area contributed by atoms with E-state index < -0.39 is 17.4 Å². The molecule has 0 aliphatic carbocycles. The summed E-state index contributed by atoms with van der Waals surface area (Å²) in [6.07, 6.45) is -0.440. The van der Waals surface area contributed by atoms with Gasteiger partial charge in [0, 0.05) is 0 Å². The van der Waals surface area contributed by atoms with Crippen molar-refractivity contribution in [2.45, 2.75) is 52.4 Å². The van der Waals surface area contributed by atoms with Crippen molar-refractivity contribution in [3.8, 4) is 0 Å². The van der Waals surface area contributed by atoms with E-state index in [1.807, 2.05) is 0 Å². The number of hydrogen-bond donors (Lipinski definition) is 0. The van der Waals surface area contributed by atoms with Gasteiger partial charge < -0.3 is 9.47 Å².